The van der Waals surface area contributed by atoms with Gasteiger partial charge in [0.1, 0.15) is 30.8 Å². The molecule has 0 aliphatic carbocycles. The van der Waals surface area contributed by atoms with Crippen LogP contribution in [-0.4, -0.2) is 121 Å². The number of carbonyl (C=O) groups excluding carboxylic acids is 8. The molecule has 1 aromatic carbocycles. The molecule has 350 valence electrons. The second-order valence-electron chi connectivity index (χ2n) is 16.6. The van der Waals surface area contributed by atoms with Crippen LogP contribution < -0.4 is 43.6 Å². The Balaban J connectivity index is 3.10. The fourth-order valence-corrected chi connectivity index (χ4v) is 6.86. The predicted molar refractivity (Wildman–Crippen MR) is 233 cm³/mol. The van der Waals surface area contributed by atoms with Crippen molar-refractivity contribution >= 4 is 53.3 Å². The first kappa shape index (κ1) is 54.5. The van der Waals surface area contributed by atoms with Crippen LogP contribution in [0.1, 0.15) is 93.6 Å². The minimum atomic E-state index is -1.02. The minimum Gasteiger partial charge on any atom is -0.445 e. The smallest absolute Gasteiger partial charge is 0.410 e. The zero-order chi connectivity index (χ0) is 47.4. The van der Waals surface area contributed by atoms with Gasteiger partial charge in [0.2, 0.25) is 35.4 Å². The van der Waals surface area contributed by atoms with E-state index in [4.69, 9.17) is 20.9 Å². The number of methoxy groups -OCH3 is 1. The molecule has 0 bridgehead atoms. The van der Waals surface area contributed by atoms with Gasteiger partial charge < -0.3 is 47.1 Å². The molecule has 1 aromatic rings. The Morgan fingerprint density at radius 2 is 1.37 bits per heavy atom. The van der Waals surface area contributed by atoms with E-state index in [-0.39, 0.29) is 55.6 Å². The van der Waals surface area contributed by atoms with Crippen molar-refractivity contribution < 1.29 is 47.8 Å². The number of benzene rings is 1. The topological polar surface area (TPSA) is 286 Å². The summed E-state index contributed by atoms with van der Waals surface area (Å²) >= 11 is 0. The van der Waals surface area contributed by atoms with E-state index in [1.54, 1.807) is 72.9 Å². The molecule has 1 rings (SSSR count). The lowest BCUT2D eigenvalue weighted by molar-refractivity contribution is -0.144. The van der Waals surface area contributed by atoms with Crippen LogP contribution in [0, 0.1) is 23.7 Å². The van der Waals surface area contributed by atoms with Gasteiger partial charge in [0.25, 0.3) is 0 Å². The average Bonchev–Trinajstić information content (AvgIpc) is 3.19. The number of anilines is 1. The van der Waals surface area contributed by atoms with E-state index in [0.29, 0.717) is 24.1 Å². The number of hydrazine groups is 1. The number of urea groups is 1. The zero-order valence-electron chi connectivity index (χ0n) is 38.5. The Hall–Kier alpha value is -5.50. The first-order valence-electron chi connectivity index (χ1n) is 21.0. The number of nitrogens with zero attached hydrogens (tertiary/aromatic N) is 2. The van der Waals surface area contributed by atoms with Gasteiger partial charge in [0.15, 0.2) is 0 Å². The average molecular weight is 877 g/mol. The summed E-state index contributed by atoms with van der Waals surface area (Å²) in [5.74, 6) is -4.00. The van der Waals surface area contributed by atoms with E-state index in [9.17, 15) is 38.4 Å². The molecule has 9 amide bonds. The molecule has 0 fully saturated rings. The molecule has 20 nitrogen and oxygen atoms in total. The number of nitrogens with two attached hydrogens (primary N) is 2. The fourth-order valence-electron chi connectivity index (χ4n) is 6.86. The number of carbonyl (C=O) groups is 8. The zero-order valence-corrected chi connectivity index (χ0v) is 38.5. The number of likely N-dealkylation sites (N-methyl/N-ethyl adjacent to an activating group) is 2. The number of rotatable bonds is 26. The highest BCUT2D eigenvalue weighted by atomic mass is 16.6. The molecule has 0 heterocycles. The summed E-state index contributed by atoms with van der Waals surface area (Å²) in [6.07, 6.45) is -0.393. The monoisotopic (exact) mass is 877 g/mol. The van der Waals surface area contributed by atoms with E-state index < -0.39 is 78.0 Å². The maximum absolute atomic E-state index is 14.0. The SMILES string of the molecule is CC[C@H](C)[C@@H]([C@@H](CC(N)=O)OC)N(C)C(=O)[C@@H](NC(=O)[C@H](C(C)C)N(C)C(=O)OCc1ccc(NC(=O)[C@H](CCCNC(N)=O)NC(=O)[C@@H](NNC(C)=O)C(C)C)cc1)C(C)C. The number of amides is 9. The number of hydrogen-bond acceptors (Lipinski definition) is 11. The maximum atomic E-state index is 14.0. The van der Waals surface area contributed by atoms with E-state index in [1.165, 1.54) is 30.9 Å². The van der Waals surface area contributed by atoms with Crippen molar-refractivity contribution in [2.75, 3.05) is 33.1 Å². The lowest BCUT2D eigenvalue weighted by Gasteiger charge is -2.40. The maximum Gasteiger partial charge on any atom is 0.410 e. The molecule has 0 spiro atoms. The van der Waals surface area contributed by atoms with Gasteiger partial charge in [-0.2, -0.15) is 0 Å². The highest BCUT2D eigenvalue weighted by molar-refractivity contribution is 5.98. The molecule has 0 saturated carbocycles. The third-order valence-corrected chi connectivity index (χ3v) is 10.5. The lowest BCUT2D eigenvalue weighted by atomic mass is 9.89. The van der Waals surface area contributed by atoms with E-state index in [1.807, 2.05) is 13.8 Å². The van der Waals surface area contributed by atoms with Crippen molar-refractivity contribution in [2.24, 2.45) is 35.1 Å². The van der Waals surface area contributed by atoms with Crippen LogP contribution >= 0.6 is 0 Å². The number of primary amides is 2. The molecular weight excluding hydrogens is 805 g/mol. The summed E-state index contributed by atoms with van der Waals surface area (Å²) in [5.41, 5.74) is 16.7. The van der Waals surface area contributed by atoms with Gasteiger partial charge >= 0.3 is 12.1 Å². The Labute approximate surface area is 366 Å². The molecule has 0 unspecified atom stereocenters. The Morgan fingerprint density at radius 3 is 1.85 bits per heavy atom. The molecule has 0 radical (unpaired) electrons. The van der Waals surface area contributed by atoms with Crippen LogP contribution in [0.5, 0.6) is 0 Å². The van der Waals surface area contributed by atoms with Crippen LogP contribution in [0.4, 0.5) is 15.3 Å². The summed E-state index contributed by atoms with van der Waals surface area (Å²) in [6.45, 7) is 15.9. The van der Waals surface area contributed by atoms with Crippen LogP contribution in [0.15, 0.2) is 24.3 Å². The Kier molecular flexibility index (Phi) is 23.5. The van der Waals surface area contributed by atoms with E-state index in [2.05, 4.69) is 32.1 Å². The van der Waals surface area contributed by atoms with Crippen molar-refractivity contribution in [3.8, 4) is 0 Å². The fraction of sp³-hybridized carbons (Fsp3) is 0.667. The Bertz CT molecular complexity index is 1660. The van der Waals surface area contributed by atoms with Gasteiger partial charge in [0.05, 0.1) is 18.6 Å². The predicted octanol–water partition coefficient (Wildman–Crippen LogP) is 1.72. The third kappa shape index (κ3) is 17.8. The van der Waals surface area contributed by atoms with Crippen LogP contribution in [-0.2, 0) is 44.8 Å². The third-order valence-electron chi connectivity index (χ3n) is 10.5. The van der Waals surface area contributed by atoms with Gasteiger partial charge in [-0.15, -0.1) is 0 Å². The summed E-state index contributed by atoms with van der Waals surface area (Å²) < 4.78 is 11.2. The first-order chi connectivity index (χ1) is 29.0. The van der Waals surface area contributed by atoms with Crippen molar-refractivity contribution in [1.29, 1.82) is 0 Å². The molecule has 62 heavy (non-hydrogen) atoms. The van der Waals surface area contributed by atoms with Crippen molar-refractivity contribution in [2.45, 2.75) is 131 Å². The normalized spacial score (nSPS) is 14.6. The van der Waals surface area contributed by atoms with Crippen molar-refractivity contribution in [1.82, 2.24) is 36.6 Å². The second kappa shape index (κ2) is 26.8. The highest BCUT2D eigenvalue weighted by Gasteiger charge is 2.39. The summed E-state index contributed by atoms with van der Waals surface area (Å²) in [7, 11) is 4.51. The molecule has 7 atom stereocenters. The number of hydrogen-bond donors (Lipinski definition) is 8. The van der Waals surface area contributed by atoms with Crippen molar-refractivity contribution in [3.05, 3.63) is 29.8 Å². The van der Waals surface area contributed by atoms with Crippen LogP contribution in [0.3, 0.4) is 0 Å². The number of ether oxygens (including phenoxy) is 2. The molecule has 10 N–H and O–H groups in total. The van der Waals surface area contributed by atoms with Gasteiger partial charge in [-0.25, -0.2) is 15.0 Å². The van der Waals surface area contributed by atoms with E-state index >= 15 is 0 Å². The standard InChI is InChI=1S/C42H72N10O10/c1-13-26(8)36(31(61-12)21-32(43)54)51(10)40(58)34(24(4)5)48-39(57)35(25(6)7)52(11)42(60)62-22-28-16-18-29(19-17-28)46-37(55)30(15-14-20-45-41(44)59)47-38(56)33(23(2)3)50-49-27(9)53/h16-19,23-26,30-31,33-36,50H,13-15,20-22H2,1-12H3,(H2,43,54)(H,46,55)(H,47,56)(H,48,57)(H,49,53)(H3,44,45,59)/t26-,30-,31+,33-,34-,35-,36-/m0/s1. The van der Waals surface area contributed by atoms with Gasteiger partial charge in [0, 0.05) is 40.4 Å². The first-order valence-corrected chi connectivity index (χ1v) is 21.0. The summed E-state index contributed by atoms with van der Waals surface area (Å²) in [6, 6.07) is 1.35. The molecule has 0 aliphatic rings. The molecule has 0 aliphatic heterocycles. The Morgan fingerprint density at radius 1 is 0.774 bits per heavy atom. The molecular formula is C42H72N10O10. The summed E-state index contributed by atoms with van der Waals surface area (Å²) in [4.78, 5) is 105. The second-order valence-corrected chi connectivity index (χ2v) is 16.6. The lowest BCUT2D eigenvalue weighted by Crippen LogP contribution is -2.60. The largest absolute Gasteiger partial charge is 0.445 e. The van der Waals surface area contributed by atoms with Crippen LogP contribution in [0.25, 0.3) is 0 Å². The van der Waals surface area contributed by atoms with E-state index in [0.717, 1.165) is 0 Å². The highest BCUT2D eigenvalue weighted by Crippen LogP contribution is 2.24. The minimum absolute atomic E-state index is 0.0679. The van der Waals surface area contributed by atoms with Crippen LogP contribution in [0.2, 0.25) is 0 Å². The van der Waals surface area contributed by atoms with Gasteiger partial charge in [-0.1, -0.05) is 73.9 Å². The quantitative estimate of drug-likeness (QED) is 0.0490. The molecule has 0 saturated heterocycles. The van der Waals surface area contributed by atoms with Crippen molar-refractivity contribution in [3.63, 3.8) is 0 Å². The number of nitrogens with one attached hydrogen (secondary N) is 6. The summed E-state index contributed by atoms with van der Waals surface area (Å²) in [5, 5.41) is 10.8. The van der Waals surface area contributed by atoms with Gasteiger partial charge in [-0.05, 0) is 54.2 Å². The molecule has 0 aromatic heterocycles. The molecule has 20 heteroatoms. The van der Waals surface area contributed by atoms with Gasteiger partial charge in [-0.3, -0.25) is 39.1 Å².